The Bertz CT molecular complexity index is 935. The zero-order valence-electron chi connectivity index (χ0n) is 17.3. The fraction of sp³-hybridized carbons (Fsp3) is 0.522. The van der Waals surface area contributed by atoms with Crippen LogP contribution in [0.1, 0.15) is 43.4 Å². The highest BCUT2D eigenvalue weighted by atomic mass is 19.1. The maximum atomic E-state index is 13.2. The van der Waals surface area contributed by atoms with Gasteiger partial charge in [0.15, 0.2) is 0 Å². The standard InChI is InChI=1S/C23H29FN4O2/c24-18-8-4-16(5-9-18)21-26-20-11-7-17(6-10-19(20)23(30)27-21)22(29)25-12-3-15-28-13-1-2-14-28/h4-5,8-9,17H,1-3,6-7,10-15H2,(H,25,29)(H,26,27,30). The monoisotopic (exact) mass is 412 g/mol. The van der Waals surface area contributed by atoms with Crippen molar-refractivity contribution in [2.75, 3.05) is 26.2 Å². The van der Waals surface area contributed by atoms with E-state index >= 15 is 0 Å². The van der Waals surface area contributed by atoms with Gasteiger partial charge in [-0.2, -0.15) is 0 Å². The Morgan fingerprint density at radius 2 is 1.90 bits per heavy atom. The van der Waals surface area contributed by atoms with Crippen molar-refractivity contribution in [3.8, 4) is 11.4 Å². The third-order valence-electron chi connectivity index (χ3n) is 6.21. The largest absolute Gasteiger partial charge is 0.356 e. The van der Waals surface area contributed by atoms with E-state index in [2.05, 4.69) is 20.2 Å². The van der Waals surface area contributed by atoms with Crippen molar-refractivity contribution in [2.45, 2.75) is 44.9 Å². The minimum Gasteiger partial charge on any atom is -0.356 e. The van der Waals surface area contributed by atoms with Crippen molar-refractivity contribution >= 4 is 5.91 Å². The summed E-state index contributed by atoms with van der Waals surface area (Å²) >= 11 is 0. The number of likely N-dealkylation sites (tertiary alicyclic amines) is 1. The van der Waals surface area contributed by atoms with Crippen LogP contribution in [0.4, 0.5) is 4.39 Å². The van der Waals surface area contributed by atoms with Crippen LogP contribution < -0.4 is 10.9 Å². The Morgan fingerprint density at radius 1 is 1.17 bits per heavy atom. The van der Waals surface area contributed by atoms with Crippen LogP contribution in [-0.4, -0.2) is 47.0 Å². The van der Waals surface area contributed by atoms with Crippen LogP contribution in [0.3, 0.4) is 0 Å². The molecule has 2 aromatic rings. The Balaban J connectivity index is 1.35. The van der Waals surface area contributed by atoms with Gasteiger partial charge in [0, 0.05) is 23.6 Å². The van der Waals surface area contributed by atoms with Gasteiger partial charge in [-0.1, -0.05) is 0 Å². The summed E-state index contributed by atoms with van der Waals surface area (Å²) in [5, 5.41) is 3.08. The molecule has 1 aromatic heterocycles. The topological polar surface area (TPSA) is 78.1 Å². The lowest BCUT2D eigenvalue weighted by molar-refractivity contribution is -0.125. The van der Waals surface area contributed by atoms with E-state index in [1.807, 2.05) is 0 Å². The van der Waals surface area contributed by atoms with Crippen LogP contribution in [0, 0.1) is 11.7 Å². The van der Waals surface area contributed by atoms with Crippen molar-refractivity contribution in [3.63, 3.8) is 0 Å². The molecule has 1 saturated heterocycles. The number of aromatic nitrogens is 2. The van der Waals surface area contributed by atoms with E-state index in [1.54, 1.807) is 12.1 Å². The SMILES string of the molecule is O=C(NCCCN1CCCC1)C1CCc2nc(-c3ccc(F)cc3)[nH]c(=O)c2CC1. The minimum atomic E-state index is -0.329. The van der Waals surface area contributed by atoms with Gasteiger partial charge in [-0.3, -0.25) is 9.59 Å². The van der Waals surface area contributed by atoms with Gasteiger partial charge in [-0.05, 0) is 88.8 Å². The van der Waals surface area contributed by atoms with Gasteiger partial charge in [0.25, 0.3) is 5.56 Å². The molecular formula is C23H29FN4O2. The highest BCUT2D eigenvalue weighted by molar-refractivity contribution is 5.78. The molecule has 2 N–H and O–H groups in total. The number of carbonyl (C=O) groups excluding carboxylic acids is 1. The summed E-state index contributed by atoms with van der Waals surface area (Å²) in [4.78, 5) is 35.2. The summed E-state index contributed by atoms with van der Waals surface area (Å²) in [5.74, 6) is 0.104. The molecule has 1 aliphatic carbocycles. The molecule has 1 atom stereocenters. The zero-order valence-corrected chi connectivity index (χ0v) is 17.3. The summed E-state index contributed by atoms with van der Waals surface area (Å²) in [7, 11) is 0. The van der Waals surface area contributed by atoms with E-state index in [4.69, 9.17) is 0 Å². The van der Waals surface area contributed by atoms with Crippen molar-refractivity contribution in [2.24, 2.45) is 5.92 Å². The van der Waals surface area contributed by atoms with Crippen LogP contribution in [0.2, 0.25) is 0 Å². The fourth-order valence-electron chi connectivity index (χ4n) is 4.45. The van der Waals surface area contributed by atoms with Gasteiger partial charge in [0.2, 0.25) is 5.91 Å². The van der Waals surface area contributed by atoms with E-state index in [1.165, 1.54) is 38.1 Å². The maximum Gasteiger partial charge on any atom is 0.254 e. The lowest BCUT2D eigenvalue weighted by Crippen LogP contribution is -2.33. The Morgan fingerprint density at radius 3 is 2.67 bits per heavy atom. The Kier molecular flexibility index (Phi) is 6.57. The molecule has 0 spiro atoms. The van der Waals surface area contributed by atoms with Crippen LogP contribution in [0.15, 0.2) is 29.1 Å². The molecule has 1 amide bonds. The average Bonchev–Trinajstić information content (AvgIpc) is 3.16. The number of hydrogen-bond donors (Lipinski definition) is 2. The van der Waals surface area contributed by atoms with Crippen molar-refractivity contribution in [3.05, 3.63) is 51.7 Å². The first kappa shape index (κ1) is 20.7. The molecule has 0 bridgehead atoms. The number of amides is 1. The molecule has 1 fully saturated rings. The first-order valence-electron chi connectivity index (χ1n) is 11.0. The van der Waals surface area contributed by atoms with Gasteiger partial charge in [-0.25, -0.2) is 9.37 Å². The molecule has 30 heavy (non-hydrogen) atoms. The average molecular weight is 413 g/mol. The summed E-state index contributed by atoms with van der Waals surface area (Å²) in [6.45, 7) is 4.10. The lowest BCUT2D eigenvalue weighted by Gasteiger charge is -2.16. The molecule has 4 rings (SSSR count). The third kappa shape index (κ3) is 4.95. The summed E-state index contributed by atoms with van der Waals surface area (Å²) < 4.78 is 13.2. The molecule has 7 heteroatoms. The van der Waals surface area contributed by atoms with Crippen LogP contribution in [-0.2, 0) is 17.6 Å². The maximum absolute atomic E-state index is 13.2. The number of benzene rings is 1. The number of carbonyl (C=O) groups is 1. The predicted octanol–water partition coefficient (Wildman–Crippen LogP) is 2.67. The first-order chi connectivity index (χ1) is 14.6. The van der Waals surface area contributed by atoms with E-state index in [0.717, 1.165) is 18.7 Å². The smallest absolute Gasteiger partial charge is 0.254 e. The number of hydrogen-bond acceptors (Lipinski definition) is 4. The quantitative estimate of drug-likeness (QED) is 0.565. The van der Waals surface area contributed by atoms with Crippen LogP contribution >= 0.6 is 0 Å². The molecule has 1 aromatic carbocycles. The van der Waals surface area contributed by atoms with Gasteiger partial charge in [-0.15, -0.1) is 0 Å². The predicted molar refractivity (Wildman–Crippen MR) is 114 cm³/mol. The zero-order chi connectivity index (χ0) is 20.9. The first-order valence-corrected chi connectivity index (χ1v) is 11.0. The van der Waals surface area contributed by atoms with Crippen LogP contribution in [0.5, 0.6) is 0 Å². The number of nitrogens with zero attached hydrogens (tertiary/aromatic N) is 2. The van der Waals surface area contributed by atoms with Crippen molar-refractivity contribution < 1.29 is 9.18 Å². The summed E-state index contributed by atoms with van der Waals surface area (Å²) in [6.07, 6.45) is 6.03. The Hall–Kier alpha value is -2.54. The second-order valence-electron chi connectivity index (χ2n) is 8.31. The molecule has 160 valence electrons. The normalized spacial score (nSPS) is 19.3. The van der Waals surface area contributed by atoms with Crippen molar-refractivity contribution in [1.82, 2.24) is 20.2 Å². The molecular weight excluding hydrogens is 383 g/mol. The summed E-state index contributed by atoms with van der Waals surface area (Å²) in [5.41, 5.74) is 1.94. The van der Waals surface area contributed by atoms with E-state index in [9.17, 15) is 14.0 Å². The molecule has 2 heterocycles. The highest BCUT2D eigenvalue weighted by Gasteiger charge is 2.25. The van der Waals surface area contributed by atoms with E-state index < -0.39 is 0 Å². The number of rotatable bonds is 6. The van der Waals surface area contributed by atoms with E-state index in [-0.39, 0.29) is 23.2 Å². The number of aryl methyl sites for hydroxylation is 1. The fourth-order valence-corrected chi connectivity index (χ4v) is 4.45. The van der Waals surface area contributed by atoms with Crippen LogP contribution in [0.25, 0.3) is 11.4 Å². The minimum absolute atomic E-state index is 0.0828. The van der Waals surface area contributed by atoms with Gasteiger partial charge in [0.1, 0.15) is 11.6 Å². The van der Waals surface area contributed by atoms with Gasteiger partial charge >= 0.3 is 0 Å². The van der Waals surface area contributed by atoms with Gasteiger partial charge in [0.05, 0.1) is 5.69 Å². The molecule has 1 aliphatic heterocycles. The molecule has 6 nitrogen and oxygen atoms in total. The summed E-state index contributed by atoms with van der Waals surface area (Å²) in [6, 6.07) is 5.92. The van der Waals surface area contributed by atoms with Crippen molar-refractivity contribution in [1.29, 1.82) is 0 Å². The number of fused-ring (bicyclic) bond motifs is 1. The molecule has 0 saturated carbocycles. The lowest BCUT2D eigenvalue weighted by atomic mass is 9.99. The number of H-pyrrole nitrogens is 1. The number of nitrogens with one attached hydrogen (secondary N) is 2. The second-order valence-corrected chi connectivity index (χ2v) is 8.31. The number of aromatic amines is 1. The Labute approximate surface area is 175 Å². The second kappa shape index (κ2) is 9.51. The van der Waals surface area contributed by atoms with E-state index in [0.29, 0.717) is 49.2 Å². The highest BCUT2D eigenvalue weighted by Crippen LogP contribution is 2.23. The number of halogens is 1. The third-order valence-corrected chi connectivity index (χ3v) is 6.21. The molecule has 1 unspecified atom stereocenters. The molecule has 0 radical (unpaired) electrons. The molecule has 2 aliphatic rings. The van der Waals surface area contributed by atoms with Gasteiger partial charge < -0.3 is 15.2 Å².